The van der Waals surface area contributed by atoms with E-state index in [0.29, 0.717) is 6.54 Å². The predicted molar refractivity (Wildman–Crippen MR) is 70.7 cm³/mol. The highest BCUT2D eigenvalue weighted by molar-refractivity contribution is 5.85. The molecule has 0 fully saturated rings. The second-order valence-corrected chi connectivity index (χ2v) is 3.94. The standard InChI is InChI=1S/C14H12N2O3/c17-13-5-2-8-15-16(13)10-12-4-1-3-11(9-12)6-7-14(18)19/h1-9H,10H2,(H,18,19). The molecule has 0 aliphatic rings. The van der Waals surface area contributed by atoms with Gasteiger partial charge in [-0.1, -0.05) is 18.2 Å². The van der Waals surface area contributed by atoms with Crippen LogP contribution in [-0.2, 0) is 11.3 Å². The Morgan fingerprint density at radius 2 is 2.16 bits per heavy atom. The van der Waals surface area contributed by atoms with Gasteiger partial charge < -0.3 is 5.11 Å². The quantitative estimate of drug-likeness (QED) is 0.839. The van der Waals surface area contributed by atoms with Crippen molar-refractivity contribution in [1.29, 1.82) is 0 Å². The van der Waals surface area contributed by atoms with Gasteiger partial charge in [0.1, 0.15) is 0 Å². The number of aliphatic carboxylic acids is 1. The molecule has 2 aromatic rings. The van der Waals surface area contributed by atoms with Gasteiger partial charge in [-0.3, -0.25) is 4.79 Å². The van der Waals surface area contributed by atoms with Crippen LogP contribution in [0.25, 0.3) is 6.08 Å². The van der Waals surface area contributed by atoms with E-state index in [1.807, 2.05) is 18.2 Å². The fourth-order valence-electron chi connectivity index (χ4n) is 1.64. The fourth-order valence-corrected chi connectivity index (χ4v) is 1.64. The molecule has 0 bridgehead atoms. The van der Waals surface area contributed by atoms with Crippen LogP contribution < -0.4 is 5.56 Å². The Hall–Kier alpha value is -2.69. The average Bonchev–Trinajstić information content (AvgIpc) is 2.40. The zero-order chi connectivity index (χ0) is 13.7. The van der Waals surface area contributed by atoms with Gasteiger partial charge in [-0.05, 0) is 29.3 Å². The van der Waals surface area contributed by atoms with Gasteiger partial charge in [0.2, 0.25) is 0 Å². The summed E-state index contributed by atoms with van der Waals surface area (Å²) >= 11 is 0. The third kappa shape index (κ3) is 3.64. The highest BCUT2D eigenvalue weighted by atomic mass is 16.4. The molecule has 2 rings (SSSR count). The lowest BCUT2D eigenvalue weighted by Gasteiger charge is -2.04. The SMILES string of the molecule is O=C(O)C=Cc1cccc(Cn2ncccc2=O)c1. The molecule has 0 aliphatic heterocycles. The minimum atomic E-state index is -0.994. The Labute approximate surface area is 109 Å². The minimum absolute atomic E-state index is 0.172. The van der Waals surface area contributed by atoms with Crippen molar-refractivity contribution in [2.45, 2.75) is 6.54 Å². The largest absolute Gasteiger partial charge is 0.478 e. The van der Waals surface area contributed by atoms with Crippen LogP contribution in [0.3, 0.4) is 0 Å². The summed E-state index contributed by atoms with van der Waals surface area (Å²) < 4.78 is 1.35. The van der Waals surface area contributed by atoms with Crippen molar-refractivity contribution >= 4 is 12.0 Å². The van der Waals surface area contributed by atoms with Gasteiger partial charge in [0.25, 0.3) is 5.56 Å². The van der Waals surface area contributed by atoms with Crippen LogP contribution in [0.5, 0.6) is 0 Å². The molecule has 5 nitrogen and oxygen atoms in total. The molecule has 1 aromatic carbocycles. The zero-order valence-corrected chi connectivity index (χ0v) is 10.1. The molecule has 1 N–H and O–H groups in total. The first-order valence-electron chi connectivity index (χ1n) is 5.67. The number of benzene rings is 1. The second kappa shape index (κ2) is 5.77. The summed E-state index contributed by atoms with van der Waals surface area (Å²) in [5.41, 5.74) is 1.48. The van der Waals surface area contributed by atoms with Crippen LogP contribution in [0.15, 0.2) is 53.5 Å². The molecule has 0 aliphatic carbocycles. The molecule has 1 heterocycles. The topological polar surface area (TPSA) is 72.2 Å². The summed E-state index contributed by atoms with van der Waals surface area (Å²) in [7, 11) is 0. The monoisotopic (exact) mass is 256 g/mol. The third-order valence-corrected chi connectivity index (χ3v) is 2.49. The maximum Gasteiger partial charge on any atom is 0.328 e. The average molecular weight is 256 g/mol. The summed E-state index contributed by atoms with van der Waals surface area (Å²) in [6, 6.07) is 10.3. The summed E-state index contributed by atoms with van der Waals surface area (Å²) in [5.74, 6) is -0.994. The second-order valence-electron chi connectivity index (χ2n) is 3.94. The van der Waals surface area contributed by atoms with Crippen molar-refractivity contribution in [2.24, 2.45) is 0 Å². The van der Waals surface area contributed by atoms with E-state index in [0.717, 1.165) is 17.2 Å². The summed E-state index contributed by atoms with van der Waals surface area (Å²) in [5, 5.41) is 12.5. The first-order chi connectivity index (χ1) is 9.15. The molecule has 5 heteroatoms. The van der Waals surface area contributed by atoms with E-state index >= 15 is 0 Å². The number of carboxylic acids is 1. The molecular formula is C14H12N2O3. The van der Waals surface area contributed by atoms with E-state index in [4.69, 9.17) is 5.11 Å². The first-order valence-corrected chi connectivity index (χ1v) is 5.67. The predicted octanol–water partition coefficient (Wildman–Crippen LogP) is 1.39. The smallest absolute Gasteiger partial charge is 0.328 e. The molecule has 1 aromatic heterocycles. The lowest BCUT2D eigenvalue weighted by atomic mass is 10.1. The van der Waals surface area contributed by atoms with Gasteiger partial charge in [0.05, 0.1) is 6.54 Å². The van der Waals surface area contributed by atoms with Gasteiger partial charge in [-0.25, -0.2) is 9.48 Å². The number of aromatic nitrogens is 2. The maximum absolute atomic E-state index is 11.5. The van der Waals surface area contributed by atoms with Gasteiger partial charge in [-0.2, -0.15) is 5.10 Å². The number of carbonyl (C=O) groups is 1. The Kier molecular flexibility index (Phi) is 3.87. The van der Waals surface area contributed by atoms with Crippen LogP contribution in [0, 0.1) is 0 Å². The normalized spacial score (nSPS) is 10.7. The molecule has 0 atom stereocenters. The molecule has 19 heavy (non-hydrogen) atoms. The Morgan fingerprint density at radius 1 is 1.32 bits per heavy atom. The molecular weight excluding hydrogens is 244 g/mol. The minimum Gasteiger partial charge on any atom is -0.478 e. The van der Waals surface area contributed by atoms with Crippen molar-refractivity contribution < 1.29 is 9.90 Å². The van der Waals surface area contributed by atoms with Crippen LogP contribution in [0.2, 0.25) is 0 Å². The van der Waals surface area contributed by atoms with E-state index in [1.165, 1.54) is 16.8 Å². The van der Waals surface area contributed by atoms with Gasteiger partial charge in [-0.15, -0.1) is 0 Å². The van der Waals surface area contributed by atoms with Crippen molar-refractivity contribution in [3.05, 3.63) is 70.2 Å². The zero-order valence-electron chi connectivity index (χ0n) is 10.1. The maximum atomic E-state index is 11.5. The Bertz CT molecular complexity index is 674. The van der Waals surface area contributed by atoms with E-state index in [1.54, 1.807) is 18.3 Å². The Balaban J connectivity index is 2.22. The molecule has 0 saturated carbocycles. The van der Waals surface area contributed by atoms with Gasteiger partial charge in [0.15, 0.2) is 0 Å². The number of nitrogens with zero attached hydrogens (tertiary/aromatic N) is 2. The highest BCUT2D eigenvalue weighted by Gasteiger charge is 1.99. The van der Waals surface area contributed by atoms with Crippen LogP contribution >= 0.6 is 0 Å². The van der Waals surface area contributed by atoms with Crippen molar-refractivity contribution in [3.8, 4) is 0 Å². The fraction of sp³-hybridized carbons (Fsp3) is 0.0714. The van der Waals surface area contributed by atoms with Crippen LogP contribution in [0.4, 0.5) is 0 Å². The lowest BCUT2D eigenvalue weighted by Crippen LogP contribution is -2.21. The van der Waals surface area contributed by atoms with E-state index in [2.05, 4.69) is 5.10 Å². The molecule has 0 radical (unpaired) electrons. The molecule has 0 spiro atoms. The summed E-state index contributed by atoms with van der Waals surface area (Å²) in [6.07, 6.45) is 4.13. The third-order valence-electron chi connectivity index (χ3n) is 2.49. The molecule has 0 amide bonds. The van der Waals surface area contributed by atoms with Gasteiger partial charge >= 0.3 is 5.97 Å². The summed E-state index contributed by atoms with van der Waals surface area (Å²) in [4.78, 5) is 22.0. The van der Waals surface area contributed by atoms with E-state index in [9.17, 15) is 9.59 Å². The van der Waals surface area contributed by atoms with E-state index < -0.39 is 5.97 Å². The van der Waals surface area contributed by atoms with Crippen molar-refractivity contribution in [2.75, 3.05) is 0 Å². The first kappa shape index (κ1) is 12.8. The van der Waals surface area contributed by atoms with Crippen LogP contribution in [-0.4, -0.2) is 20.9 Å². The number of hydrogen-bond donors (Lipinski definition) is 1. The lowest BCUT2D eigenvalue weighted by molar-refractivity contribution is -0.131. The highest BCUT2D eigenvalue weighted by Crippen LogP contribution is 2.07. The molecule has 0 unspecified atom stereocenters. The molecule has 0 saturated heterocycles. The molecule has 96 valence electrons. The van der Waals surface area contributed by atoms with Gasteiger partial charge in [0, 0.05) is 18.3 Å². The van der Waals surface area contributed by atoms with E-state index in [-0.39, 0.29) is 5.56 Å². The summed E-state index contributed by atoms with van der Waals surface area (Å²) in [6.45, 7) is 0.356. The number of rotatable bonds is 4. The number of hydrogen-bond acceptors (Lipinski definition) is 3. The Morgan fingerprint density at radius 3 is 2.89 bits per heavy atom. The van der Waals surface area contributed by atoms with Crippen molar-refractivity contribution in [3.63, 3.8) is 0 Å². The van der Waals surface area contributed by atoms with Crippen molar-refractivity contribution in [1.82, 2.24) is 9.78 Å². The number of carboxylic acid groups (broad SMARTS) is 1. The van der Waals surface area contributed by atoms with Crippen LogP contribution in [0.1, 0.15) is 11.1 Å².